The molecule has 2 fully saturated rings. The molecule has 0 saturated carbocycles. The predicted molar refractivity (Wildman–Crippen MR) is 89.9 cm³/mol. The Kier molecular flexibility index (Phi) is 5.98. The Bertz CT molecular complexity index is 558. The quantitative estimate of drug-likeness (QED) is 0.767. The Morgan fingerprint density at radius 1 is 1.17 bits per heavy atom. The summed E-state index contributed by atoms with van der Waals surface area (Å²) in [5.74, 6) is -0.105. The van der Waals surface area contributed by atoms with Crippen LogP contribution in [-0.2, 0) is 4.79 Å². The van der Waals surface area contributed by atoms with Crippen LogP contribution in [-0.4, -0.2) is 53.6 Å². The molecule has 0 aromatic heterocycles. The average molecular weight is 340 g/mol. The van der Waals surface area contributed by atoms with E-state index in [0.717, 1.165) is 25.9 Å². The zero-order chi connectivity index (χ0) is 15.5. The van der Waals surface area contributed by atoms with Gasteiger partial charge in [-0.05, 0) is 43.5 Å². The number of halogens is 1. The van der Waals surface area contributed by atoms with E-state index in [-0.39, 0.29) is 30.3 Å². The maximum absolute atomic E-state index is 12.2. The minimum Gasteiger partial charge on any atom is -0.392 e. The van der Waals surface area contributed by atoms with Gasteiger partial charge >= 0.3 is 0 Å². The number of aliphatic hydroxyl groups excluding tert-OH is 1. The van der Waals surface area contributed by atoms with E-state index in [0.29, 0.717) is 24.2 Å². The molecule has 2 aliphatic heterocycles. The highest BCUT2D eigenvalue weighted by atomic mass is 35.5. The van der Waals surface area contributed by atoms with Crippen LogP contribution in [0.1, 0.15) is 29.6 Å². The Morgan fingerprint density at radius 3 is 2.39 bits per heavy atom. The molecular weight excluding hydrogens is 318 g/mol. The highest BCUT2D eigenvalue weighted by molar-refractivity contribution is 5.97. The molecule has 3 rings (SSSR count). The van der Waals surface area contributed by atoms with Crippen molar-refractivity contribution in [3.05, 3.63) is 29.8 Å². The smallest absolute Gasteiger partial charge is 0.253 e. The molecule has 0 bridgehead atoms. The number of rotatable bonds is 3. The van der Waals surface area contributed by atoms with Gasteiger partial charge in [0.2, 0.25) is 5.91 Å². The second kappa shape index (κ2) is 7.77. The van der Waals surface area contributed by atoms with E-state index in [2.05, 4.69) is 10.6 Å². The van der Waals surface area contributed by atoms with Crippen molar-refractivity contribution in [3.63, 3.8) is 0 Å². The van der Waals surface area contributed by atoms with Gasteiger partial charge in [-0.15, -0.1) is 12.4 Å². The monoisotopic (exact) mass is 339 g/mol. The van der Waals surface area contributed by atoms with E-state index in [1.165, 1.54) is 0 Å². The molecule has 2 atom stereocenters. The van der Waals surface area contributed by atoms with Crippen molar-refractivity contribution in [1.29, 1.82) is 0 Å². The topological polar surface area (TPSA) is 81.7 Å². The fraction of sp³-hybridized carbons (Fsp3) is 0.500. The largest absolute Gasteiger partial charge is 0.392 e. The van der Waals surface area contributed by atoms with Crippen LogP contribution in [0.4, 0.5) is 5.69 Å². The van der Waals surface area contributed by atoms with Gasteiger partial charge in [0, 0.05) is 30.9 Å². The molecule has 3 N–H and O–H groups in total. The number of likely N-dealkylation sites (tertiary alicyclic amines) is 1. The van der Waals surface area contributed by atoms with E-state index in [9.17, 15) is 14.7 Å². The summed E-state index contributed by atoms with van der Waals surface area (Å²) in [4.78, 5) is 26.1. The van der Waals surface area contributed by atoms with E-state index >= 15 is 0 Å². The number of carbonyl (C=O) groups is 2. The number of benzene rings is 1. The Morgan fingerprint density at radius 2 is 1.83 bits per heavy atom. The third kappa shape index (κ3) is 4.22. The van der Waals surface area contributed by atoms with Crippen molar-refractivity contribution >= 4 is 29.9 Å². The standard InChI is InChI=1S/C16H21N3O3.ClH/c20-13-9-14(17-10-13)15(21)18-12-5-3-11(4-6-12)16(22)19-7-1-2-8-19;/h3-6,13-14,17,20H,1-2,7-10H2,(H,18,21);1H. The van der Waals surface area contributed by atoms with Crippen LogP contribution < -0.4 is 10.6 Å². The van der Waals surface area contributed by atoms with Gasteiger partial charge in [-0.3, -0.25) is 9.59 Å². The SMILES string of the molecule is Cl.O=C(Nc1ccc(C(=O)N2CCCC2)cc1)C1CC(O)CN1. The molecule has 126 valence electrons. The number of hydrogen-bond donors (Lipinski definition) is 3. The van der Waals surface area contributed by atoms with Gasteiger partial charge in [-0.1, -0.05) is 0 Å². The van der Waals surface area contributed by atoms with Crippen molar-refractivity contribution in [3.8, 4) is 0 Å². The molecule has 2 unspecified atom stereocenters. The van der Waals surface area contributed by atoms with Crippen molar-refractivity contribution < 1.29 is 14.7 Å². The minimum absolute atomic E-state index is 0. The van der Waals surface area contributed by atoms with E-state index in [1.807, 2.05) is 4.90 Å². The summed E-state index contributed by atoms with van der Waals surface area (Å²) in [7, 11) is 0. The van der Waals surface area contributed by atoms with Crippen LogP contribution in [0.15, 0.2) is 24.3 Å². The average Bonchev–Trinajstić information content (AvgIpc) is 3.18. The molecule has 2 heterocycles. The number of β-amino-alcohol motifs (C(OH)–C–C–N with tert-alkyl or cyclic N) is 1. The maximum atomic E-state index is 12.2. The number of amides is 2. The van der Waals surface area contributed by atoms with Gasteiger partial charge in [-0.2, -0.15) is 0 Å². The fourth-order valence-electron chi connectivity index (χ4n) is 2.95. The van der Waals surface area contributed by atoms with Gasteiger partial charge < -0.3 is 20.6 Å². The summed E-state index contributed by atoms with van der Waals surface area (Å²) < 4.78 is 0. The van der Waals surface area contributed by atoms with Crippen LogP contribution in [0.3, 0.4) is 0 Å². The van der Waals surface area contributed by atoms with Crippen LogP contribution in [0.5, 0.6) is 0 Å². The van der Waals surface area contributed by atoms with Gasteiger partial charge in [0.05, 0.1) is 12.1 Å². The molecule has 23 heavy (non-hydrogen) atoms. The molecule has 1 aromatic rings. The zero-order valence-corrected chi connectivity index (χ0v) is 13.6. The zero-order valence-electron chi connectivity index (χ0n) is 12.8. The van der Waals surface area contributed by atoms with Crippen molar-refractivity contribution in [1.82, 2.24) is 10.2 Å². The molecule has 2 aliphatic rings. The molecule has 6 nitrogen and oxygen atoms in total. The number of hydrogen-bond acceptors (Lipinski definition) is 4. The summed E-state index contributed by atoms with van der Waals surface area (Å²) in [6, 6.07) is 6.61. The molecule has 2 saturated heterocycles. The lowest BCUT2D eigenvalue weighted by Gasteiger charge is -2.15. The molecule has 0 aliphatic carbocycles. The predicted octanol–water partition coefficient (Wildman–Crippen LogP) is 1.01. The lowest BCUT2D eigenvalue weighted by Crippen LogP contribution is -2.35. The molecule has 0 spiro atoms. The van der Waals surface area contributed by atoms with E-state index < -0.39 is 6.10 Å². The number of anilines is 1. The maximum Gasteiger partial charge on any atom is 0.253 e. The first kappa shape index (κ1) is 17.7. The molecule has 2 amide bonds. The third-order valence-electron chi connectivity index (χ3n) is 4.22. The lowest BCUT2D eigenvalue weighted by molar-refractivity contribution is -0.117. The van der Waals surface area contributed by atoms with Crippen LogP contribution in [0.25, 0.3) is 0 Å². The number of carbonyl (C=O) groups excluding carboxylic acids is 2. The molecular formula is C16H22ClN3O3. The Hall–Kier alpha value is -1.63. The molecule has 1 aromatic carbocycles. The van der Waals surface area contributed by atoms with Crippen LogP contribution >= 0.6 is 12.4 Å². The summed E-state index contributed by atoms with van der Waals surface area (Å²) in [5, 5.41) is 15.2. The molecule has 0 radical (unpaired) electrons. The fourth-order valence-corrected chi connectivity index (χ4v) is 2.95. The summed E-state index contributed by atoms with van der Waals surface area (Å²) in [6.45, 7) is 2.10. The van der Waals surface area contributed by atoms with Crippen molar-refractivity contribution in [2.45, 2.75) is 31.4 Å². The van der Waals surface area contributed by atoms with Crippen molar-refractivity contribution in [2.75, 3.05) is 25.0 Å². The second-order valence-electron chi connectivity index (χ2n) is 5.92. The summed E-state index contributed by atoms with van der Waals surface area (Å²) >= 11 is 0. The van der Waals surface area contributed by atoms with Gasteiger partial charge in [0.25, 0.3) is 5.91 Å². The van der Waals surface area contributed by atoms with Crippen LogP contribution in [0.2, 0.25) is 0 Å². The highest BCUT2D eigenvalue weighted by Crippen LogP contribution is 2.16. The van der Waals surface area contributed by atoms with Gasteiger partial charge in [0.15, 0.2) is 0 Å². The number of nitrogens with zero attached hydrogens (tertiary/aromatic N) is 1. The Labute approximate surface area is 141 Å². The first-order chi connectivity index (χ1) is 10.6. The summed E-state index contributed by atoms with van der Waals surface area (Å²) in [5.41, 5.74) is 1.31. The second-order valence-corrected chi connectivity index (χ2v) is 5.92. The first-order valence-corrected chi connectivity index (χ1v) is 7.75. The van der Waals surface area contributed by atoms with Gasteiger partial charge in [-0.25, -0.2) is 0 Å². The normalized spacial score (nSPS) is 23.4. The number of nitrogens with one attached hydrogen (secondary N) is 2. The number of aliphatic hydroxyl groups is 1. The van der Waals surface area contributed by atoms with Crippen molar-refractivity contribution in [2.24, 2.45) is 0 Å². The van der Waals surface area contributed by atoms with Gasteiger partial charge in [0.1, 0.15) is 0 Å². The minimum atomic E-state index is -0.462. The summed E-state index contributed by atoms with van der Waals surface area (Å²) in [6.07, 6.45) is 2.11. The Balaban J connectivity index is 0.00000192. The lowest BCUT2D eigenvalue weighted by atomic mass is 10.1. The third-order valence-corrected chi connectivity index (χ3v) is 4.22. The molecule has 7 heteroatoms. The first-order valence-electron chi connectivity index (χ1n) is 7.75. The van der Waals surface area contributed by atoms with Crippen LogP contribution in [0, 0.1) is 0 Å². The highest BCUT2D eigenvalue weighted by Gasteiger charge is 2.28. The van der Waals surface area contributed by atoms with E-state index in [4.69, 9.17) is 0 Å². The van der Waals surface area contributed by atoms with E-state index in [1.54, 1.807) is 24.3 Å².